The van der Waals surface area contributed by atoms with Crippen LogP contribution in [0.3, 0.4) is 0 Å². The molecule has 0 aliphatic carbocycles. The monoisotopic (exact) mass is 304 g/mol. The van der Waals surface area contributed by atoms with E-state index in [0.29, 0.717) is 17.3 Å². The van der Waals surface area contributed by atoms with Crippen LogP contribution in [0.5, 0.6) is 0 Å². The molecule has 2 N–H and O–H groups in total. The zero-order valence-corrected chi connectivity index (χ0v) is 12.9. The molecule has 1 aliphatic heterocycles. The molecule has 0 radical (unpaired) electrons. The van der Waals surface area contributed by atoms with Gasteiger partial charge in [-0.05, 0) is 35.2 Å². The molecule has 0 spiro atoms. The second kappa shape index (κ2) is 6.39. The molecule has 0 saturated carbocycles. The first-order valence-electron chi connectivity index (χ1n) is 7.67. The largest absolute Gasteiger partial charge is 0.368 e. The third kappa shape index (κ3) is 3.09. The van der Waals surface area contributed by atoms with Crippen LogP contribution in [0.2, 0.25) is 0 Å². The standard InChI is InChI=1S/C15H21FN6/c1-10(2)7-11-8-12(16)14(15-18-20-21-19-15)13(9-11)22-5-3-17-4-6-22/h8-10,17H,3-7H2,1-2H3,(H,18,19,20,21). The van der Waals surface area contributed by atoms with E-state index < -0.39 is 0 Å². The Hall–Kier alpha value is -2.02. The maximum atomic E-state index is 14.7. The van der Waals surface area contributed by atoms with Crippen LogP contribution in [0.1, 0.15) is 19.4 Å². The van der Waals surface area contributed by atoms with E-state index in [-0.39, 0.29) is 5.82 Å². The van der Waals surface area contributed by atoms with Gasteiger partial charge in [-0.15, -0.1) is 10.2 Å². The zero-order chi connectivity index (χ0) is 15.5. The van der Waals surface area contributed by atoms with Gasteiger partial charge in [0.25, 0.3) is 0 Å². The molecule has 22 heavy (non-hydrogen) atoms. The predicted molar refractivity (Wildman–Crippen MR) is 83.2 cm³/mol. The lowest BCUT2D eigenvalue weighted by Gasteiger charge is -2.31. The van der Waals surface area contributed by atoms with E-state index in [1.54, 1.807) is 6.07 Å². The molecular weight excluding hydrogens is 283 g/mol. The molecule has 0 amide bonds. The minimum atomic E-state index is -0.284. The summed E-state index contributed by atoms with van der Waals surface area (Å²) in [6.45, 7) is 7.74. The van der Waals surface area contributed by atoms with Gasteiger partial charge in [-0.25, -0.2) is 4.39 Å². The summed E-state index contributed by atoms with van der Waals surface area (Å²) in [7, 11) is 0. The van der Waals surface area contributed by atoms with Gasteiger partial charge in [-0.3, -0.25) is 0 Å². The Labute approximate surface area is 129 Å². The van der Waals surface area contributed by atoms with Gasteiger partial charge in [-0.2, -0.15) is 5.21 Å². The molecule has 1 saturated heterocycles. The lowest BCUT2D eigenvalue weighted by atomic mass is 9.99. The third-order valence-corrected chi connectivity index (χ3v) is 3.80. The molecule has 118 valence electrons. The SMILES string of the molecule is CC(C)Cc1cc(F)c(-c2nn[nH]n2)c(N2CCNCC2)c1. The van der Waals surface area contributed by atoms with E-state index >= 15 is 0 Å². The van der Waals surface area contributed by atoms with E-state index in [0.717, 1.165) is 43.9 Å². The van der Waals surface area contributed by atoms with Crippen molar-refractivity contribution < 1.29 is 4.39 Å². The van der Waals surface area contributed by atoms with Gasteiger partial charge in [0.15, 0.2) is 0 Å². The molecule has 3 rings (SSSR count). The summed E-state index contributed by atoms with van der Waals surface area (Å²) >= 11 is 0. The number of rotatable bonds is 4. The number of piperazine rings is 1. The summed E-state index contributed by atoms with van der Waals surface area (Å²) in [5, 5.41) is 17.2. The lowest BCUT2D eigenvalue weighted by molar-refractivity contribution is 0.582. The van der Waals surface area contributed by atoms with Crippen LogP contribution in [0.15, 0.2) is 12.1 Å². The van der Waals surface area contributed by atoms with E-state index in [1.165, 1.54) is 0 Å². The molecule has 1 fully saturated rings. The number of nitrogens with zero attached hydrogens (tertiary/aromatic N) is 4. The van der Waals surface area contributed by atoms with E-state index in [2.05, 4.69) is 50.8 Å². The van der Waals surface area contributed by atoms with Crippen molar-refractivity contribution in [3.63, 3.8) is 0 Å². The van der Waals surface area contributed by atoms with Gasteiger partial charge < -0.3 is 10.2 Å². The fourth-order valence-corrected chi connectivity index (χ4v) is 2.88. The van der Waals surface area contributed by atoms with Crippen LogP contribution in [-0.2, 0) is 6.42 Å². The second-order valence-corrected chi connectivity index (χ2v) is 6.04. The van der Waals surface area contributed by atoms with Gasteiger partial charge in [0.2, 0.25) is 5.82 Å². The van der Waals surface area contributed by atoms with Crippen molar-refractivity contribution in [3.05, 3.63) is 23.5 Å². The Bertz CT molecular complexity index is 619. The highest BCUT2D eigenvalue weighted by Gasteiger charge is 2.22. The number of benzene rings is 1. The molecule has 1 aliphatic rings. The van der Waals surface area contributed by atoms with Gasteiger partial charge >= 0.3 is 0 Å². The smallest absolute Gasteiger partial charge is 0.209 e. The summed E-state index contributed by atoms with van der Waals surface area (Å²) in [4.78, 5) is 2.19. The number of aromatic amines is 1. The minimum Gasteiger partial charge on any atom is -0.368 e. The topological polar surface area (TPSA) is 69.7 Å². The number of hydrogen-bond acceptors (Lipinski definition) is 5. The van der Waals surface area contributed by atoms with Gasteiger partial charge in [-0.1, -0.05) is 13.8 Å². The highest BCUT2D eigenvalue weighted by molar-refractivity contribution is 5.75. The average Bonchev–Trinajstić information content (AvgIpc) is 3.00. The highest BCUT2D eigenvalue weighted by atomic mass is 19.1. The van der Waals surface area contributed by atoms with Crippen LogP contribution in [0.4, 0.5) is 10.1 Å². The van der Waals surface area contributed by atoms with E-state index in [1.807, 2.05) is 0 Å². The Morgan fingerprint density at radius 1 is 1.27 bits per heavy atom. The maximum Gasteiger partial charge on any atom is 0.209 e. The fourth-order valence-electron chi connectivity index (χ4n) is 2.88. The number of halogens is 1. The molecule has 7 heteroatoms. The highest BCUT2D eigenvalue weighted by Crippen LogP contribution is 2.33. The van der Waals surface area contributed by atoms with Crippen molar-refractivity contribution in [1.82, 2.24) is 25.9 Å². The molecule has 2 aromatic rings. The summed E-state index contributed by atoms with van der Waals surface area (Å²) < 4.78 is 14.7. The third-order valence-electron chi connectivity index (χ3n) is 3.80. The maximum absolute atomic E-state index is 14.7. The number of aromatic nitrogens is 4. The summed E-state index contributed by atoms with van der Waals surface area (Å²) in [5.74, 6) is 0.501. The van der Waals surface area contributed by atoms with Crippen molar-refractivity contribution in [1.29, 1.82) is 0 Å². The molecule has 2 heterocycles. The van der Waals surface area contributed by atoms with Gasteiger partial charge in [0.1, 0.15) is 5.82 Å². The van der Waals surface area contributed by atoms with Crippen LogP contribution in [0.25, 0.3) is 11.4 Å². The van der Waals surface area contributed by atoms with Crippen LogP contribution in [-0.4, -0.2) is 46.8 Å². The summed E-state index contributed by atoms with van der Waals surface area (Å²) in [6, 6.07) is 3.66. The number of anilines is 1. The Balaban J connectivity index is 2.06. The van der Waals surface area contributed by atoms with E-state index in [4.69, 9.17) is 0 Å². The minimum absolute atomic E-state index is 0.284. The Morgan fingerprint density at radius 2 is 2.05 bits per heavy atom. The Morgan fingerprint density at radius 3 is 2.68 bits per heavy atom. The number of H-pyrrole nitrogens is 1. The molecule has 1 aromatic carbocycles. The normalized spacial score (nSPS) is 15.5. The fraction of sp³-hybridized carbons (Fsp3) is 0.533. The van der Waals surface area contributed by atoms with Crippen molar-refractivity contribution in [2.45, 2.75) is 20.3 Å². The Kier molecular flexibility index (Phi) is 4.33. The average molecular weight is 304 g/mol. The molecule has 1 aromatic heterocycles. The number of hydrogen-bond donors (Lipinski definition) is 2. The zero-order valence-electron chi connectivity index (χ0n) is 12.9. The molecule has 0 atom stereocenters. The van der Waals surface area contributed by atoms with Gasteiger partial charge in [0.05, 0.1) is 11.3 Å². The van der Waals surface area contributed by atoms with Gasteiger partial charge in [0, 0.05) is 26.2 Å². The van der Waals surface area contributed by atoms with Crippen molar-refractivity contribution in [2.75, 3.05) is 31.1 Å². The first kappa shape index (κ1) is 14.9. The van der Waals surface area contributed by atoms with Crippen molar-refractivity contribution >= 4 is 5.69 Å². The summed E-state index contributed by atoms with van der Waals surface area (Å²) in [5.41, 5.74) is 2.30. The number of tetrazole rings is 1. The first-order chi connectivity index (χ1) is 10.6. The summed E-state index contributed by atoms with van der Waals surface area (Å²) in [6.07, 6.45) is 0.850. The molecule has 0 unspecified atom stereocenters. The van der Waals surface area contributed by atoms with Crippen molar-refractivity contribution in [2.24, 2.45) is 5.92 Å². The lowest BCUT2D eigenvalue weighted by Crippen LogP contribution is -2.43. The number of nitrogens with one attached hydrogen (secondary N) is 2. The van der Waals surface area contributed by atoms with Crippen LogP contribution in [0, 0.1) is 11.7 Å². The molecular formula is C15H21FN6. The predicted octanol–water partition coefficient (Wildman–Crippen LogP) is 1.61. The first-order valence-corrected chi connectivity index (χ1v) is 7.67. The van der Waals surface area contributed by atoms with E-state index in [9.17, 15) is 4.39 Å². The second-order valence-electron chi connectivity index (χ2n) is 6.04. The van der Waals surface area contributed by atoms with Crippen LogP contribution >= 0.6 is 0 Å². The van der Waals surface area contributed by atoms with Crippen molar-refractivity contribution in [3.8, 4) is 11.4 Å². The molecule has 6 nitrogen and oxygen atoms in total. The van der Waals surface area contributed by atoms with Crippen LogP contribution < -0.4 is 10.2 Å². The quantitative estimate of drug-likeness (QED) is 0.898. The molecule has 0 bridgehead atoms.